The number of methoxy groups -OCH3 is 1. The molecule has 3 aromatic rings. The van der Waals surface area contributed by atoms with Crippen LogP contribution in [0.4, 0.5) is 0 Å². The van der Waals surface area contributed by atoms with Crippen LogP contribution in [0.3, 0.4) is 0 Å². The molecule has 0 amide bonds. The van der Waals surface area contributed by atoms with Gasteiger partial charge in [0.15, 0.2) is 5.65 Å². The van der Waals surface area contributed by atoms with Crippen LogP contribution in [0.25, 0.3) is 11.2 Å². The molecule has 9 heteroatoms. The molecule has 2 unspecified atom stereocenters. The van der Waals surface area contributed by atoms with Gasteiger partial charge in [-0.15, -0.1) is 0 Å². The average molecular weight is 439 g/mol. The summed E-state index contributed by atoms with van der Waals surface area (Å²) < 4.78 is 12.1. The zero-order valence-electron chi connectivity index (χ0n) is 18.7. The van der Waals surface area contributed by atoms with Crippen LogP contribution in [0, 0.1) is 11.8 Å². The summed E-state index contributed by atoms with van der Waals surface area (Å²) >= 11 is 0. The highest BCUT2D eigenvalue weighted by molar-refractivity contribution is 5.69. The first-order chi connectivity index (χ1) is 15.6. The lowest BCUT2D eigenvalue weighted by Crippen LogP contribution is -2.26. The molecule has 2 aliphatic heterocycles. The van der Waals surface area contributed by atoms with Gasteiger partial charge in [0.2, 0.25) is 0 Å². The molecule has 9 nitrogen and oxygen atoms in total. The van der Waals surface area contributed by atoms with E-state index < -0.39 is 0 Å². The fourth-order valence-electron chi connectivity index (χ4n) is 5.01. The van der Waals surface area contributed by atoms with E-state index in [9.17, 15) is 4.79 Å². The van der Waals surface area contributed by atoms with Gasteiger partial charge in [0, 0.05) is 39.8 Å². The molecule has 0 spiro atoms. The molecule has 2 atom stereocenters. The van der Waals surface area contributed by atoms with Crippen molar-refractivity contribution in [2.24, 2.45) is 11.8 Å². The number of likely N-dealkylation sites (tertiary alicyclic amines) is 2. The topological polar surface area (TPSA) is 88.5 Å². The summed E-state index contributed by atoms with van der Waals surface area (Å²) in [5.74, 6) is 1.64. The quantitative estimate of drug-likeness (QED) is 0.529. The summed E-state index contributed by atoms with van der Waals surface area (Å²) in [7, 11) is 3.83. The number of hydrogen-bond acceptors (Lipinski definition) is 7. The first-order valence-corrected chi connectivity index (χ1v) is 11.1. The van der Waals surface area contributed by atoms with E-state index in [0.717, 1.165) is 23.9 Å². The van der Waals surface area contributed by atoms with E-state index in [4.69, 9.17) is 9.47 Å². The Morgan fingerprint density at radius 1 is 1.03 bits per heavy atom. The molecular formula is C23H30N6O3. The summed E-state index contributed by atoms with van der Waals surface area (Å²) in [6.45, 7) is 7.06. The number of hydrogen-bond donors (Lipinski definition) is 1. The van der Waals surface area contributed by atoms with Crippen LogP contribution < -0.4 is 10.4 Å². The fraction of sp³-hybridized carbons (Fsp3) is 0.522. The lowest BCUT2D eigenvalue weighted by molar-refractivity contribution is 0.141. The molecule has 0 saturated carbocycles. The van der Waals surface area contributed by atoms with Crippen LogP contribution in [0.15, 0.2) is 35.3 Å². The van der Waals surface area contributed by atoms with E-state index in [1.54, 1.807) is 17.9 Å². The largest absolute Gasteiger partial charge is 0.461 e. The second kappa shape index (κ2) is 9.01. The average Bonchev–Trinajstić information content (AvgIpc) is 3.40. The third-order valence-corrected chi connectivity index (χ3v) is 6.52. The molecule has 2 fully saturated rings. The Kier molecular flexibility index (Phi) is 5.95. The van der Waals surface area contributed by atoms with Gasteiger partial charge in [0.05, 0.1) is 19.3 Å². The molecule has 2 aliphatic rings. The van der Waals surface area contributed by atoms with E-state index in [2.05, 4.69) is 56.1 Å². The zero-order chi connectivity index (χ0) is 22.1. The number of H-pyrrole nitrogens is 1. The lowest BCUT2D eigenvalue weighted by atomic mass is 10.0. The van der Waals surface area contributed by atoms with E-state index in [1.807, 2.05) is 0 Å². The first-order valence-electron chi connectivity index (χ1n) is 11.1. The van der Waals surface area contributed by atoms with Crippen molar-refractivity contribution in [2.75, 3.05) is 53.6 Å². The van der Waals surface area contributed by atoms with Crippen molar-refractivity contribution in [2.45, 2.75) is 13.1 Å². The maximum atomic E-state index is 12.5. The Labute approximate surface area is 187 Å². The second-order valence-corrected chi connectivity index (χ2v) is 9.00. The van der Waals surface area contributed by atoms with E-state index in [-0.39, 0.29) is 11.7 Å². The van der Waals surface area contributed by atoms with Crippen molar-refractivity contribution >= 4 is 11.2 Å². The summed E-state index contributed by atoms with van der Waals surface area (Å²) in [6, 6.07) is 8.78. The highest BCUT2D eigenvalue weighted by atomic mass is 16.5. The first kappa shape index (κ1) is 21.1. The maximum absolute atomic E-state index is 12.5. The van der Waals surface area contributed by atoms with Crippen molar-refractivity contribution in [3.05, 3.63) is 52.1 Å². The molecule has 1 N–H and O–H groups in total. The molecule has 32 heavy (non-hydrogen) atoms. The Hall–Kier alpha value is -2.75. The molecule has 170 valence electrons. The van der Waals surface area contributed by atoms with Crippen LogP contribution in [-0.2, 0) is 17.8 Å². The van der Waals surface area contributed by atoms with Gasteiger partial charge >= 0.3 is 11.7 Å². The van der Waals surface area contributed by atoms with Gasteiger partial charge in [-0.05, 0) is 30.0 Å². The number of ether oxygens (including phenoxy) is 2. The third-order valence-electron chi connectivity index (χ3n) is 6.52. The number of aromatic amines is 1. The van der Waals surface area contributed by atoms with E-state index >= 15 is 0 Å². The summed E-state index contributed by atoms with van der Waals surface area (Å²) in [6.07, 6.45) is 1.58. The molecule has 0 aliphatic carbocycles. The minimum Gasteiger partial charge on any atom is -0.461 e. The van der Waals surface area contributed by atoms with Gasteiger partial charge in [-0.2, -0.15) is 4.98 Å². The van der Waals surface area contributed by atoms with E-state index in [1.165, 1.54) is 31.7 Å². The Balaban J connectivity index is 1.25. The number of aromatic nitrogens is 4. The SMILES string of the molecule is COCCOc1ncc2[nH]c(=O)n(Cc3ccc(CN4CC5CN(C)CC5C4)cc3)c2n1. The normalized spacial score (nSPS) is 21.4. The van der Waals surface area contributed by atoms with Gasteiger partial charge < -0.3 is 19.4 Å². The monoisotopic (exact) mass is 438 g/mol. The van der Waals surface area contributed by atoms with Gasteiger partial charge in [-0.1, -0.05) is 24.3 Å². The summed E-state index contributed by atoms with van der Waals surface area (Å²) in [5, 5.41) is 0. The predicted octanol–water partition coefficient (Wildman–Crippen LogP) is 1.19. The Morgan fingerprint density at radius 2 is 1.72 bits per heavy atom. The highest BCUT2D eigenvalue weighted by Crippen LogP contribution is 2.31. The van der Waals surface area contributed by atoms with Crippen molar-refractivity contribution in [3.63, 3.8) is 0 Å². The van der Waals surface area contributed by atoms with Crippen LogP contribution in [0.2, 0.25) is 0 Å². The number of benzene rings is 1. The highest BCUT2D eigenvalue weighted by Gasteiger charge is 2.38. The molecule has 5 rings (SSSR count). The summed E-state index contributed by atoms with van der Waals surface area (Å²) in [4.78, 5) is 28.9. The Morgan fingerprint density at radius 3 is 2.41 bits per heavy atom. The minimum absolute atomic E-state index is 0.207. The van der Waals surface area contributed by atoms with Gasteiger partial charge in [0.25, 0.3) is 0 Å². The molecule has 1 aromatic carbocycles. The fourth-order valence-corrected chi connectivity index (χ4v) is 5.01. The number of nitrogens with one attached hydrogen (secondary N) is 1. The van der Waals surface area contributed by atoms with Gasteiger partial charge in [-0.25, -0.2) is 9.78 Å². The molecule has 4 heterocycles. The van der Waals surface area contributed by atoms with Gasteiger partial charge in [-0.3, -0.25) is 9.47 Å². The van der Waals surface area contributed by atoms with Crippen LogP contribution in [0.5, 0.6) is 6.01 Å². The van der Waals surface area contributed by atoms with Crippen LogP contribution in [-0.4, -0.2) is 82.9 Å². The maximum Gasteiger partial charge on any atom is 0.328 e. The lowest BCUT2D eigenvalue weighted by Gasteiger charge is -2.19. The molecule has 0 bridgehead atoms. The molecule has 2 saturated heterocycles. The number of nitrogens with zero attached hydrogens (tertiary/aromatic N) is 5. The van der Waals surface area contributed by atoms with Crippen molar-refractivity contribution in [3.8, 4) is 6.01 Å². The second-order valence-electron chi connectivity index (χ2n) is 9.00. The minimum atomic E-state index is -0.207. The van der Waals surface area contributed by atoms with Crippen LogP contribution in [0.1, 0.15) is 11.1 Å². The summed E-state index contributed by atoms with van der Waals surface area (Å²) in [5.41, 5.74) is 3.29. The smallest absolute Gasteiger partial charge is 0.328 e. The molecular weight excluding hydrogens is 408 g/mol. The van der Waals surface area contributed by atoms with Crippen molar-refractivity contribution in [1.29, 1.82) is 0 Å². The Bertz CT molecular complexity index is 1110. The number of fused-ring (bicyclic) bond motifs is 2. The number of rotatable bonds is 8. The predicted molar refractivity (Wildman–Crippen MR) is 121 cm³/mol. The van der Waals surface area contributed by atoms with Crippen molar-refractivity contribution in [1.82, 2.24) is 29.3 Å². The number of imidazole rings is 1. The van der Waals surface area contributed by atoms with Gasteiger partial charge in [0.1, 0.15) is 12.1 Å². The zero-order valence-corrected chi connectivity index (χ0v) is 18.7. The standard InChI is InChI=1S/C23H30N6O3/c1-27-12-18-14-28(15-19(18)13-27)10-16-3-5-17(6-4-16)11-29-21-20(25-23(29)30)9-24-22(26-21)32-8-7-31-2/h3-6,9,18-19H,7-8,10-15H2,1-2H3,(H,25,30). The molecule has 0 radical (unpaired) electrons. The third kappa shape index (κ3) is 4.41. The van der Waals surface area contributed by atoms with E-state index in [0.29, 0.717) is 30.9 Å². The van der Waals surface area contributed by atoms with Crippen molar-refractivity contribution < 1.29 is 9.47 Å². The van der Waals surface area contributed by atoms with Crippen LogP contribution >= 0.6 is 0 Å². The molecule has 2 aromatic heterocycles.